The number of hydrogen-bond donors (Lipinski definition) is 3. The van der Waals surface area contributed by atoms with Crippen molar-refractivity contribution in [3.8, 4) is 16.2 Å². The molecule has 2 aliphatic rings. The second-order valence-corrected chi connectivity index (χ2v) is 10.4. The maximum atomic E-state index is 13.8. The Bertz CT molecular complexity index is 953. The molecule has 7 heteroatoms. The SMILES string of the molecule is CC1CCC(C(=O)N(c2cc(-c3ccc(O)cc3)sc2C(=O)O)C2CCC(O)CC2)CC1. The lowest BCUT2D eigenvalue weighted by atomic mass is 9.81. The lowest BCUT2D eigenvalue weighted by Gasteiger charge is -2.38. The van der Waals surface area contributed by atoms with Crippen LogP contribution in [0.25, 0.3) is 10.4 Å². The number of carboxylic acids is 1. The first-order valence-electron chi connectivity index (χ1n) is 11.5. The van der Waals surface area contributed by atoms with Gasteiger partial charge < -0.3 is 20.2 Å². The number of benzene rings is 1. The number of phenolic OH excluding ortho intramolecular Hbond substituents is 1. The summed E-state index contributed by atoms with van der Waals surface area (Å²) >= 11 is 1.16. The molecule has 3 N–H and O–H groups in total. The van der Waals surface area contributed by atoms with E-state index >= 15 is 0 Å². The van der Waals surface area contributed by atoms with Crippen molar-refractivity contribution in [1.29, 1.82) is 0 Å². The van der Waals surface area contributed by atoms with Crippen molar-refractivity contribution in [3.63, 3.8) is 0 Å². The Kier molecular flexibility index (Phi) is 6.86. The zero-order chi connectivity index (χ0) is 22.8. The number of anilines is 1. The van der Waals surface area contributed by atoms with Crippen LogP contribution in [0.4, 0.5) is 5.69 Å². The number of thiophene rings is 1. The molecular weight excluding hydrogens is 426 g/mol. The molecule has 2 saturated carbocycles. The molecule has 0 atom stereocenters. The van der Waals surface area contributed by atoms with E-state index in [9.17, 15) is 24.9 Å². The van der Waals surface area contributed by atoms with Gasteiger partial charge in [0.25, 0.3) is 0 Å². The van der Waals surface area contributed by atoms with Crippen molar-refractivity contribution < 1.29 is 24.9 Å². The molecule has 2 aromatic rings. The van der Waals surface area contributed by atoms with Gasteiger partial charge in [-0.25, -0.2) is 4.79 Å². The van der Waals surface area contributed by atoms with Gasteiger partial charge in [0.15, 0.2) is 0 Å². The van der Waals surface area contributed by atoms with Crippen LogP contribution >= 0.6 is 11.3 Å². The molecule has 1 heterocycles. The van der Waals surface area contributed by atoms with Gasteiger partial charge in [-0.15, -0.1) is 11.3 Å². The molecule has 2 aliphatic carbocycles. The van der Waals surface area contributed by atoms with E-state index in [-0.39, 0.29) is 34.6 Å². The predicted molar refractivity (Wildman–Crippen MR) is 125 cm³/mol. The van der Waals surface area contributed by atoms with E-state index in [0.29, 0.717) is 37.3 Å². The minimum Gasteiger partial charge on any atom is -0.508 e. The lowest BCUT2D eigenvalue weighted by Crippen LogP contribution is -2.47. The van der Waals surface area contributed by atoms with Crippen LogP contribution in [0, 0.1) is 11.8 Å². The molecule has 0 saturated heterocycles. The van der Waals surface area contributed by atoms with Crippen LogP contribution in [0.3, 0.4) is 0 Å². The molecule has 0 unspecified atom stereocenters. The van der Waals surface area contributed by atoms with Crippen molar-refractivity contribution in [3.05, 3.63) is 35.2 Å². The third-order valence-corrected chi connectivity index (χ3v) is 8.11. The van der Waals surface area contributed by atoms with Crippen LogP contribution in [0.15, 0.2) is 30.3 Å². The standard InChI is InChI=1S/C25H31NO5S/c1-15-2-4-17(5-3-15)24(29)26(18-8-12-20(28)13-9-18)21-14-22(32-23(21)25(30)31)16-6-10-19(27)11-7-16/h6-7,10-11,14-15,17-18,20,27-28H,2-5,8-9,12-13H2,1H3,(H,30,31). The highest BCUT2D eigenvalue weighted by atomic mass is 32.1. The van der Waals surface area contributed by atoms with Crippen LogP contribution in [0.1, 0.15) is 68.0 Å². The van der Waals surface area contributed by atoms with Gasteiger partial charge in [0, 0.05) is 16.8 Å². The first-order valence-corrected chi connectivity index (χ1v) is 12.3. The summed E-state index contributed by atoms with van der Waals surface area (Å²) in [4.78, 5) is 28.7. The summed E-state index contributed by atoms with van der Waals surface area (Å²) in [6, 6.07) is 8.36. The van der Waals surface area contributed by atoms with Gasteiger partial charge >= 0.3 is 5.97 Å². The number of carbonyl (C=O) groups excluding carboxylic acids is 1. The van der Waals surface area contributed by atoms with E-state index in [4.69, 9.17) is 0 Å². The van der Waals surface area contributed by atoms with E-state index in [1.54, 1.807) is 29.2 Å². The fourth-order valence-corrected chi connectivity index (χ4v) is 5.99. The number of phenols is 1. The molecule has 1 aromatic carbocycles. The number of hydrogen-bond acceptors (Lipinski definition) is 5. The second-order valence-electron chi connectivity index (χ2n) is 9.30. The minimum atomic E-state index is -1.04. The van der Waals surface area contributed by atoms with Crippen molar-refractivity contribution in [2.24, 2.45) is 11.8 Å². The minimum absolute atomic E-state index is 0.0239. The Morgan fingerprint density at radius 2 is 1.59 bits per heavy atom. The van der Waals surface area contributed by atoms with Gasteiger partial charge in [0.2, 0.25) is 5.91 Å². The fraction of sp³-hybridized carbons (Fsp3) is 0.520. The third kappa shape index (κ3) is 4.84. The van der Waals surface area contributed by atoms with E-state index < -0.39 is 5.97 Å². The van der Waals surface area contributed by atoms with Crippen molar-refractivity contribution in [1.82, 2.24) is 0 Å². The van der Waals surface area contributed by atoms with Gasteiger partial charge in [0.05, 0.1) is 11.8 Å². The van der Waals surface area contributed by atoms with Crippen LogP contribution in [0.5, 0.6) is 5.75 Å². The second kappa shape index (κ2) is 9.63. The number of amides is 1. The molecule has 6 nitrogen and oxygen atoms in total. The smallest absolute Gasteiger partial charge is 0.348 e. The maximum Gasteiger partial charge on any atom is 0.348 e. The molecule has 4 rings (SSSR count). The van der Waals surface area contributed by atoms with Gasteiger partial charge in [-0.05, 0) is 93.2 Å². The third-order valence-electron chi connectivity index (χ3n) is 6.95. The Hall–Kier alpha value is -2.38. The van der Waals surface area contributed by atoms with E-state index in [1.807, 2.05) is 6.07 Å². The number of carboxylic acid groups (broad SMARTS) is 1. The maximum absolute atomic E-state index is 13.8. The van der Waals surface area contributed by atoms with E-state index in [0.717, 1.165) is 47.5 Å². The Balaban J connectivity index is 1.73. The summed E-state index contributed by atoms with van der Waals surface area (Å²) in [5.41, 5.74) is 1.27. The Morgan fingerprint density at radius 3 is 2.19 bits per heavy atom. The fourth-order valence-electron chi connectivity index (χ4n) is 5.00. The van der Waals surface area contributed by atoms with Crippen LogP contribution < -0.4 is 4.90 Å². The summed E-state index contributed by atoms with van der Waals surface area (Å²) < 4.78 is 0. The van der Waals surface area contributed by atoms with Gasteiger partial charge in [-0.3, -0.25) is 4.79 Å². The Morgan fingerprint density at radius 1 is 0.969 bits per heavy atom. The summed E-state index contributed by atoms with van der Waals surface area (Å²) in [5, 5.41) is 29.6. The molecule has 1 aromatic heterocycles. The molecule has 2 fully saturated rings. The molecule has 0 radical (unpaired) electrons. The molecule has 0 spiro atoms. The van der Waals surface area contributed by atoms with Crippen molar-refractivity contribution in [2.45, 2.75) is 70.4 Å². The predicted octanol–water partition coefficient (Wildman–Crippen LogP) is 5.28. The van der Waals surface area contributed by atoms with E-state index in [1.165, 1.54) is 0 Å². The number of carbonyl (C=O) groups is 2. The number of rotatable bonds is 5. The highest BCUT2D eigenvalue weighted by Gasteiger charge is 2.37. The highest BCUT2D eigenvalue weighted by Crippen LogP contribution is 2.42. The molecular formula is C25H31NO5S. The first kappa shape index (κ1) is 22.8. The van der Waals surface area contributed by atoms with Gasteiger partial charge in [-0.2, -0.15) is 0 Å². The van der Waals surface area contributed by atoms with Crippen LogP contribution in [0.2, 0.25) is 0 Å². The summed E-state index contributed by atoms with van der Waals surface area (Å²) in [6.07, 6.45) is 5.92. The van der Waals surface area contributed by atoms with Gasteiger partial charge in [-0.1, -0.05) is 6.92 Å². The largest absolute Gasteiger partial charge is 0.508 e. The number of aliphatic hydroxyl groups is 1. The molecule has 1 amide bonds. The highest BCUT2D eigenvalue weighted by molar-refractivity contribution is 7.18. The average molecular weight is 458 g/mol. The number of aromatic hydroxyl groups is 1. The van der Waals surface area contributed by atoms with Crippen LogP contribution in [-0.4, -0.2) is 39.3 Å². The quantitative estimate of drug-likeness (QED) is 0.567. The lowest BCUT2D eigenvalue weighted by molar-refractivity contribution is -0.124. The van der Waals surface area contributed by atoms with Crippen molar-refractivity contribution in [2.75, 3.05) is 4.90 Å². The van der Waals surface area contributed by atoms with Gasteiger partial charge in [0.1, 0.15) is 10.6 Å². The van der Waals surface area contributed by atoms with Crippen LogP contribution in [-0.2, 0) is 4.79 Å². The number of aromatic carboxylic acids is 1. The zero-order valence-electron chi connectivity index (χ0n) is 18.4. The van der Waals surface area contributed by atoms with Crippen molar-refractivity contribution >= 4 is 28.9 Å². The average Bonchev–Trinajstić information content (AvgIpc) is 3.21. The monoisotopic (exact) mass is 457 g/mol. The summed E-state index contributed by atoms with van der Waals surface area (Å²) in [5.74, 6) is -0.337. The number of aliphatic hydroxyl groups excluding tert-OH is 1. The normalized spacial score (nSPS) is 25.9. The molecule has 0 aliphatic heterocycles. The number of nitrogens with zero attached hydrogens (tertiary/aromatic N) is 1. The summed E-state index contributed by atoms with van der Waals surface area (Å²) in [7, 11) is 0. The first-order chi connectivity index (χ1) is 15.3. The summed E-state index contributed by atoms with van der Waals surface area (Å²) in [6.45, 7) is 2.21. The zero-order valence-corrected chi connectivity index (χ0v) is 19.2. The Labute approximate surface area is 192 Å². The van der Waals surface area contributed by atoms with E-state index in [2.05, 4.69) is 6.92 Å². The topological polar surface area (TPSA) is 98.1 Å². The molecule has 32 heavy (non-hydrogen) atoms. The molecule has 0 bridgehead atoms. The molecule has 172 valence electrons.